The van der Waals surface area contributed by atoms with E-state index in [9.17, 15) is 0 Å². The molecule has 90 valence electrons. The lowest BCUT2D eigenvalue weighted by atomic mass is 9.89. The number of nitrogens with one attached hydrogen (secondary N) is 1. The van der Waals surface area contributed by atoms with Gasteiger partial charge in [0.05, 0.1) is 19.5 Å². The minimum atomic E-state index is 0.163. The van der Waals surface area contributed by atoms with Crippen LogP contribution in [0.4, 0.5) is 5.82 Å². The molecule has 0 amide bonds. The summed E-state index contributed by atoms with van der Waals surface area (Å²) >= 11 is 5.85. The van der Waals surface area contributed by atoms with Crippen molar-refractivity contribution in [3.05, 3.63) is 17.6 Å². The minimum absolute atomic E-state index is 0.163. The first kappa shape index (κ1) is 10.8. The van der Waals surface area contributed by atoms with E-state index in [1.165, 1.54) is 0 Å². The van der Waals surface area contributed by atoms with Gasteiger partial charge in [0.25, 0.3) is 0 Å². The van der Waals surface area contributed by atoms with Gasteiger partial charge in [-0.3, -0.25) is 0 Å². The highest BCUT2D eigenvalue weighted by Gasteiger charge is 2.33. The van der Waals surface area contributed by atoms with Gasteiger partial charge in [-0.15, -0.1) is 0 Å². The molecule has 0 unspecified atom stereocenters. The van der Waals surface area contributed by atoms with Crippen LogP contribution in [0.5, 0.6) is 0 Å². The average molecular weight is 254 g/mol. The molecule has 0 radical (unpaired) electrons. The molecule has 1 aliphatic heterocycles. The van der Waals surface area contributed by atoms with E-state index < -0.39 is 0 Å². The number of anilines is 1. The molecule has 0 saturated carbocycles. The number of fused-ring (bicyclic) bond motifs is 1. The predicted octanol–water partition coefficient (Wildman–Crippen LogP) is 2.32. The molecule has 3 heterocycles. The second-order valence-corrected chi connectivity index (χ2v) is 4.97. The van der Waals surface area contributed by atoms with Gasteiger partial charge in [0.2, 0.25) is 5.28 Å². The first-order valence-electron chi connectivity index (χ1n) is 5.39. The lowest BCUT2D eigenvalue weighted by Crippen LogP contribution is -2.45. The summed E-state index contributed by atoms with van der Waals surface area (Å²) in [7, 11) is 0. The molecule has 1 saturated heterocycles. The number of hydrogen-bond donors (Lipinski definition) is 1. The fourth-order valence-corrected chi connectivity index (χ4v) is 1.98. The highest BCUT2D eigenvalue weighted by atomic mass is 35.5. The van der Waals surface area contributed by atoms with Gasteiger partial charge in [0.1, 0.15) is 5.52 Å². The maximum absolute atomic E-state index is 5.85. The van der Waals surface area contributed by atoms with Crippen LogP contribution in [-0.2, 0) is 4.74 Å². The molecule has 6 heteroatoms. The van der Waals surface area contributed by atoms with E-state index in [1.54, 1.807) is 12.3 Å². The highest BCUT2D eigenvalue weighted by molar-refractivity contribution is 6.28. The molecule has 0 spiro atoms. The third-order valence-electron chi connectivity index (χ3n) is 2.86. The lowest BCUT2D eigenvalue weighted by Gasteiger charge is -2.38. The van der Waals surface area contributed by atoms with E-state index in [0.717, 1.165) is 19.8 Å². The summed E-state index contributed by atoms with van der Waals surface area (Å²) in [6.07, 6.45) is 1.58. The fourth-order valence-electron chi connectivity index (χ4n) is 1.80. The number of nitrogens with zero attached hydrogens (tertiary/aromatic N) is 2. The third kappa shape index (κ3) is 1.96. The molecule has 0 bridgehead atoms. The van der Waals surface area contributed by atoms with Crippen LogP contribution in [0.25, 0.3) is 11.1 Å². The van der Waals surface area contributed by atoms with Crippen molar-refractivity contribution in [3.63, 3.8) is 0 Å². The van der Waals surface area contributed by atoms with Crippen LogP contribution < -0.4 is 5.32 Å². The standard InChI is InChI=1S/C11H12ClN3O2/c1-11(5-16-6-11)4-13-9-8-7(2-3-17-8)14-10(12)15-9/h2-3H,4-6H2,1H3,(H,13,14,15). The maximum Gasteiger partial charge on any atom is 0.225 e. The van der Waals surface area contributed by atoms with Crippen LogP contribution in [0.3, 0.4) is 0 Å². The molecule has 0 aliphatic carbocycles. The normalized spacial score (nSPS) is 18.0. The van der Waals surface area contributed by atoms with E-state index >= 15 is 0 Å². The predicted molar refractivity (Wildman–Crippen MR) is 64.2 cm³/mol. The molecule has 1 aliphatic rings. The molecule has 3 rings (SSSR count). The molecule has 2 aromatic rings. The Morgan fingerprint density at radius 3 is 3.00 bits per heavy atom. The third-order valence-corrected chi connectivity index (χ3v) is 3.03. The van der Waals surface area contributed by atoms with Crippen molar-refractivity contribution in [2.75, 3.05) is 25.1 Å². The summed E-state index contributed by atoms with van der Waals surface area (Å²) in [6.45, 7) is 4.46. The molecule has 5 nitrogen and oxygen atoms in total. The Labute approximate surface area is 103 Å². The smallest absolute Gasteiger partial charge is 0.225 e. The largest absolute Gasteiger partial charge is 0.459 e. The Balaban J connectivity index is 1.86. The molecule has 0 aromatic carbocycles. The number of hydrogen-bond acceptors (Lipinski definition) is 5. The van der Waals surface area contributed by atoms with Crippen LogP contribution >= 0.6 is 11.6 Å². The van der Waals surface area contributed by atoms with Gasteiger partial charge >= 0.3 is 0 Å². The second-order valence-electron chi connectivity index (χ2n) is 4.63. The van der Waals surface area contributed by atoms with E-state index in [4.69, 9.17) is 20.8 Å². The van der Waals surface area contributed by atoms with Crippen molar-refractivity contribution >= 4 is 28.5 Å². The Morgan fingerprint density at radius 2 is 2.29 bits per heavy atom. The van der Waals surface area contributed by atoms with E-state index in [1.807, 2.05) is 0 Å². The van der Waals surface area contributed by atoms with Gasteiger partial charge in [0.15, 0.2) is 11.4 Å². The maximum atomic E-state index is 5.85. The Kier molecular flexibility index (Phi) is 2.45. The highest BCUT2D eigenvalue weighted by Crippen LogP contribution is 2.28. The fraction of sp³-hybridized carbons (Fsp3) is 0.455. The molecule has 17 heavy (non-hydrogen) atoms. The van der Waals surface area contributed by atoms with E-state index in [-0.39, 0.29) is 10.7 Å². The van der Waals surface area contributed by atoms with Crippen molar-refractivity contribution in [2.24, 2.45) is 5.41 Å². The number of furan rings is 1. The molecule has 1 N–H and O–H groups in total. The van der Waals surface area contributed by atoms with Crippen LogP contribution in [0.1, 0.15) is 6.92 Å². The zero-order valence-corrected chi connectivity index (χ0v) is 10.1. The molecule has 0 atom stereocenters. The quantitative estimate of drug-likeness (QED) is 0.851. The topological polar surface area (TPSA) is 60.2 Å². The summed E-state index contributed by atoms with van der Waals surface area (Å²) in [6, 6.07) is 1.77. The van der Waals surface area contributed by atoms with Gasteiger partial charge in [-0.2, -0.15) is 4.98 Å². The lowest BCUT2D eigenvalue weighted by molar-refractivity contribution is -0.0924. The second kappa shape index (κ2) is 3.85. The van der Waals surface area contributed by atoms with Crippen LogP contribution in [0.2, 0.25) is 5.28 Å². The zero-order chi connectivity index (χ0) is 11.9. The summed E-state index contributed by atoms with van der Waals surface area (Å²) in [5.74, 6) is 0.637. The Hall–Kier alpha value is -1.33. The summed E-state index contributed by atoms with van der Waals surface area (Å²) in [5, 5.41) is 3.47. The zero-order valence-electron chi connectivity index (χ0n) is 9.36. The Bertz CT molecular complexity index is 551. The molecular weight excluding hydrogens is 242 g/mol. The minimum Gasteiger partial charge on any atom is -0.459 e. The summed E-state index contributed by atoms with van der Waals surface area (Å²) in [5.41, 5.74) is 1.51. The van der Waals surface area contributed by atoms with Gasteiger partial charge in [-0.25, -0.2) is 4.98 Å². The van der Waals surface area contributed by atoms with Crippen LogP contribution in [0, 0.1) is 5.41 Å². The average Bonchev–Trinajstić information content (AvgIpc) is 2.71. The van der Waals surface area contributed by atoms with Crippen LogP contribution in [0.15, 0.2) is 16.7 Å². The molecular formula is C11H12ClN3O2. The van der Waals surface area contributed by atoms with Crippen molar-refractivity contribution in [1.29, 1.82) is 0 Å². The van der Waals surface area contributed by atoms with Gasteiger partial charge in [0, 0.05) is 18.0 Å². The molecule has 2 aromatic heterocycles. The van der Waals surface area contributed by atoms with Crippen molar-refractivity contribution in [3.8, 4) is 0 Å². The van der Waals surface area contributed by atoms with Crippen molar-refractivity contribution in [2.45, 2.75) is 6.92 Å². The molecule has 1 fully saturated rings. The summed E-state index contributed by atoms with van der Waals surface area (Å²) < 4.78 is 10.5. The van der Waals surface area contributed by atoms with E-state index in [0.29, 0.717) is 16.9 Å². The summed E-state index contributed by atoms with van der Waals surface area (Å²) in [4.78, 5) is 8.21. The monoisotopic (exact) mass is 253 g/mol. The van der Waals surface area contributed by atoms with Crippen molar-refractivity contribution in [1.82, 2.24) is 9.97 Å². The van der Waals surface area contributed by atoms with Gasteiger partial charge in [-0.1, -0.05) is 6.92 Å². The number of aromatic nitrogens is 2. The van der Waals surface area contributed by atoms with Crippen LogP contribution in [-0.4, -0.2) is 29.7 Å². The Morgan fingerprint density at radius 1 is 1.47 bits per heavy atom. The van der Waals surface area contributed by atoms with E-state index in [2.05, 4.69) is 22.2 Å². The number of halogens is 1. The van der Waals surface area contributed by atoms with Crippen molar-refractivity contribution < 1.29 is 9.15 Å². The number of rotatable bonds is 3. The number of ether oxygens (including phenoxy) is 1. The SMILES string of the molecule is CC1(CNc2nc(Cl)nc3ccoc23)COC1. The van der Waals surface area contributed by atoms with Gasteiger partial charge < -0.3 is 14.5 Å². The first-order valence-corrected chi connectivity index (χ1v) is 5.76. The van der Waals surface area contributed by atoms with Gasteiger partial charge in [-0.05, 0) is 11.6 Å². The first-order chi connectivity index (χ1) is 8.16.